The zero-order valence-electron chi connectivity index (χ0n) is 14.0. The van der Waals surface area contributed by atoms with Gasteiger partial charge in [0.15, 0.2) is 0 Å². The molecule has 0 aliphatic heterocycles. The van der Waals surface area contributed by atoms with E-state index in [0.717, 1.165) is 24.1 Å². The average molecular weight is 355 g/mol. The molecule has 1 nitrogen and oxygen atoms in total. The molecule has 1 aromatic rings. The third-order valence-electron chi connectivity index (χ3n) is 3.73. The minimum atomic E-state index is 0.145. The van der Waals surface area contributed by atoms with Crippen LogP contribution >= 0.6 is 15.9 Å². The van der Waals surface area contributed by atoms with Crippen molar-refractivity contribution in [3.8, 4) is 5.75 Å². The van der Waals surface area contributed by atoms with Gasteiger partial charge in [-0.1, -0.05) is 87.0 Å². The maximum Gasteiger partial charge on any atom is 0.123 e. The average Bonchev–Trinajstić information content (AvgIpc) is 2.45. The van der Waals surface area contributed by atoms with E-state index in [0.29, 0.717) is 0 Å². The van der Waals surface area contributed by atoms with Gasteiger partial charge in [0.2, 0.25) is 0 Å². The van der Waals surface area contributed by atoms with Crippen molar-refractivity contribution in [2.24, 2.45) is 0 Å². The van der Waals surface area contributed by atoms with E-state index in [1.54, 1.807) is 0 Å². The molecule has 0 amide bonds. The molecule has 2 heteroatoms. The van der Waals surface area contributed by atoms with E-state index in [1.807, 2.05) is 0 Å². The summed E-state index contributed by atoms with van der Waals surface area (Å²) in [6.07, 6.45) is 9.20. The molecular weight excluding hydrogens is 324 g/mol. The van der Waals surface area contributed by atoms with Crippen molar-refractivity contribution in [1.82, 2.24) is 0 Å². The van der Waals surface area contributed by atoms with E-state index in [-0.39, 0.29) is 5.41 Å². The molecule has 0 aliphatic rings. The number of unbranched alkanes of at least 4 members (excludes halogenated alkanes) is 6. The predicted octanol–water partition coefficient (Wildman–Crippen LogP) is 6.49. The number of benzene rings is 1. The highest BCUT2D eigenvalue weighted by Crippen LogP contribution is 2.31. The van der Waals surface area contributed by atoms with E-state index in [9.17, 15) is 0 Å². The molecule has 1 rings (SSSR count). The molecule has 0 N–H and O–H groups in total. The van der Waals surface area contributed by atoms with Gasteiger partial charge in [0.1, 0.15) is 5.75 Å². The molecule has 0 bridgehead atoms. The van der Waals surface area contributed by atoms with Crippen LogP contribution < -0.4 is 4.74 Å². The number of hydrogen-bond acceptors (Lipinski definition) is 1. The van der Waals surface area contributed by atoms with Crippen molar-refractivity contribution in [2.75, 3.05) is 11.9 Å². The Kier molecular flexibility index (Phi) is 9.07. The minimum Gasteiger partial charge on any atom is -0.493 e. The second kappa shape index (κ2) is 10.3. The molecule has 1 aromatic carbocycles. The van der Waals surface area contributed by atoms with Gasteiger partial charge in [0, 0.05) is 5.33 Å². The fraction of sp³-hybridized carbons (Fsp3) is 0.684. The van der Waals surface area contributed by atoms with Crippen LogP contribution in [0.1, 0.15) is 71.3 Å². The number of halogens is 1. The lowest BCUT2D eigenvalue weighted by atomic mass is 9.86. The first kappa shape index (κ1) is 18.5. The lowest BCUT2D eigenvalue weighted by Gasteiger charge is -2.22. The van der Waals surface area contributed by atoms with Crippen molar-refractivity contribution < 1.29 is 4.74 Å². The van der Waals surface area contributed by atoms with Gasteiger partial charge in [0.05, 0.1) is 6.61 Å². The van der Waals surface area contributed by atoms with Crippen molar-refractivity contribution in [2.45, 2.75) is 71.1 Å². The predicted molar refractivity (Wildman–Crippen MR) is 96.8 cm³/mol. The molecule has 21 heavy (non-hydrogen) atoms. The first-order valence-electron chi connectivity index (χ1n) is 8.34. The maximum absolute atomic E-state index is 6.00. The summed E-state index contributed by atoms with van der Waals surface area (Å²) in [5.41, 5.74) is 1.45. The molecule has 0 atom stereocenters. The molecule has 120 valence electrons. The molecule has 0 aliphatic carbocycles. The fourth-order valence-corrected chi connectivity index (χ4v) is 2.87. The SMILES string of the molecule is CC(C)(C)c1ccccc1OCCCCCCCCCBr. The molecule has 0 saturated heterocycles. The van der Waals surface area contributed by atoms with Gasteiger partial charge in [-0.2, -0.15) is 0 Å². The molecule has 0 saturated carbocycles. The van der Waals surface area contributed by atoms with Gasteiger partial charge in [0.25, 0.3) is 0 Å². The monoisotopic (exact) mass is 354 g/mol. The molecule has 0 fully saturated rings. The van der Waals surface area contributed by atoms with Crippen molar-refractivity contribution in [3.63, 3.8) is 0 Å². The maximum atomic E-state index is 6.00. The number of hydrogen-bond donors (Lipinski definition) is 0. The Balaban J connectivity index is 2.19. The highest BCUT2D eigenvalue weighted by molar-refractivity contribution is 9.09. The highest BCUT2D eigenvalue weighted by atomic mass is 79.9. The highest BCUT2D eigenvalue weighted by Gasteiger charge is 2.17. The quantitative estimate of drug-likeness (QED) is 0.344. The van der Waals surface area contributed by atoms with Crippen LogP contribution in [0.2, 0.25) is 0 Å². The van der Waals surface area contributed by atoms with Crippen molar-refractivity contribution >= 4 is 15.9 Å². The lowest BCUT2D eigenvalue weighted by Crippen LogP contribution is -2.13. The van der Waals surface area contributed by atoms with Gasteiger partial charge in [-0.25, -0.2) is 0 Å². The summed E-state index contributed by atoms with van der Waals surface area (Å²) >= 11 is 3.48. The molecule has 0 unspecified atom stereocenters. The van der Waals surface area contributed by atoms with Gasteiger partial charge in [-0.05, 0) is 29.9 Å². The first-order chi connectivity index (χ1) is 10.1. The summed E-state index contributed by atoms with van der Waals surface area (Å²) in [5, 5.41) is 1.15. The topological polar surface area (TPSA) is 9.23 Å². The molecular formula is C19H31BrO. The number of para-hydroxylation sites is 1. The van der Waals surface area contributed by atoms with Gasteiger partial charge in [-0.3, -0.25) is 0 Å². The van der Waals surface area contributed by atoms with Crippen LogP contribution in [0.5, 0.6) is 5.75 Å². The van der Waals surface area contributed by atoms with Crippen LogP contribution in [-0.2, 0) is 5.41 Å². The van der Waals surface area contributed by atoms with Crippen LogP contribution in [0.15, 0.2) is 24.3 Å². The van der Waals surface area contributed by atoms with Crippen LogP contribution in [0, 0.1) is 0 Å². The fourth-order valence-electron chi connectivity index (χ4n) is 2.47. The number of ether oxygens (including phenoxy) is 1. The molecule has 0 aromatic heterocycles. The summed E-state index contributed by atoms with van der Waals surface area (Å²) in [5.74, 6) is 1.06. The summed E-state index contributed by atoms with van der Waals surface area (Å²) in [6.45, 7) is 7.56. The van der Waals surface area contributed by atoms with E-state index in [4.69, 9.17) is 4.74 Å². The third kappa shape index (κ3) is 7.90. The Morgan fingerprint density at radius 3 is 2.05 bits per heavy atom. The van der Waals surface area contributed by atoms with Gasteiger partial charge >= 0.3 is 0 Å². The first-order valence-corrected chi connectivity index (χ1v) is 9.46. The number of rotatable bonds is 10. The van der Waals surface area contributed by atoms with Crippen LogP contribution in [0.3, 0.4) is 0 Å². The summed E-state index contributed by atoms with van der Waals surface area (Å²) in [7, 11) is 0. The molecule has 0 heterocycles. The van der Waals surface area contributed by atoms with E-state index < -0.39 is 0 Å². The Morgan fingerprint density at radius 2 is 1.43 bits per heavy atom. The second-order valence-electron chi connectivity index (χ2n) is 6.76. The third-order valence-corrected chi connectivity index (χ3v) is 4.29. The summed E-state index contributed by atoms with van der Waals surface area (Å²) in [6, 6.07) is 8.44. The van der Waals surface area contributed by atoms with Crippen LogP contribution in [0.4, 0.5) is 0 Å². The number of alkyl halides is 1. The lowest BCUT2D eigenvalue weighted by molar-refractivity contribution is 0.296. The van der Waals surface area contributed by atoms with E-state index in [1.165, 1.54) is 44.1 Å². The van der Waals surface area contributed by atoms with Crippen molar-refractivity contribution in [3.05, 3.63) is 29.8 Å². The second-order valence-corrected chi connectivity index (χ2v) is 7.55. The van der Waals surface area contributed by atoms with Gasteiger partial charge in [-0.15, -0.1) is 0 Å². The normalized spacial score (nSPS) is 11.6. The van der Waals surface area contributed by atoms with Crippen LogP contribution in [0.25, 0.3) is 0 Å². The standard InChI is InChI=1S/C19H31BrO/c1-19(2,3)17-13-9-10-14-18(17)21-16-12-8-6-4-5-7-11-15-20/h9-10,13-14H,4-8,11-12,15-16H2,1-3H3. The summed E-state index contributed by atoms with van der Waals surface area (Å²) < 4.78 is 6.00. The Labute approximate surface area is 139 Å². The van der Waals surface area contributed by atoms with Crippen molar-refractivity contribution in [1.29, 1.82) is 0 Å². The Morgan fingerprint density at radius 1 is 0.857 bits per heavy atom. The van der Waals surface area contributed by atoms with Gasteiger partial charge < -0.3 is 4.74 Å². The molecule has 0 spiro atoms. The van der Waals surface area contributed by atoms with E-state index >= 15 is 0 Å². The minimum absolute atomic E-state index is 0.145. The zero-order valence-corrected chi connectivity index (χ0v) is 15.5. The Bertz CT molecular complexity index is 381. The largest absolute Gasteiger partial charge is 0.493 e. The smallest absolute Gasteiger partial charge is 0.123 e. The summed E-state index contributed by atoms with van der Waals surface area (Å²) in [4.78, 5) is 0. The Hall–Kier alpha value is -0.500. The van der Waals surface area contributed by atoms with E-state index in [2.05, 4.69) is 61.0 Å². The van der Waals surface area contributed by atoms with Crippen LogP contribution in [-0.4, -0.2) is 11.9 Å². The molecule has 0 radical (unpaired) electrons. The zero-order chi connectivity index (χ0) is 15.6.